The summed E-state index contributed by atoms with van der Waals surface area (Å²) in [4.78, 5) is 0. The minimum atomic E-state index is -5.01. The molecule has 0 N–H and O–H groups in total. The number of ether oxygens (including phenoxy) is 3. The van der Waals surface area contributed by atoms with E-state index in [2.05, 4.69) is 4.74 Å². The molecule has 0 bridgehead atoms. The number of alkyl halides is 5. The van der Waals surface area contributed by atoms with Crippen LogP contribution in [0.5, 0.6) is 5.75 Å². The number of benzene rings is 4. The predicted molar refractivity (Wildman–Crippen MR) is 129 cm³/mol. The molecule has 214 valence electrons. The maximum Gasteiger partial charge on any atom is 0.458 e. The van der Waals surface area contributed by atoms with Crippen molar-refractivity contribution < 1.29 is 53.7 Å². The second-order valence-corrected chi connectivity index (χ2v) is 9.43. The Labute approximate surface area is 226 Å². The number of fused-ring (bicyclic) bond motifs is 2. The van der Waals surface area contributed by atoms with E-state index in [1.807, 2.05) is 6.92 Å². The second kappa shape index (κ2) is 10.5. The molecule has 0 radical (unpaired) electrons. The lowest BCUT2D eigenvalue weighted by atomic mass is 10.0. The van der Waals surface area contributed by atoms with E-state index in [-0.39, 0.29) is 22.1 Å². The maximum atomic E-state index is 15.3. The van der Waals surface area contributed by atoms with Gasteiger partial charge in [0.1, 0.15) is 34.6 Å². The Bertz CT molecular complexity index is 1710. The molecule has 12 heteroatoms. The first-order valence-corrected chi connectivity index (χ1v) is 12.0. The van der Waals surface area contributed by atoms with E-state index in [9.17, 15) is 26.3 Å². The topological polar surface area (TPSA) is 27.7 Å². The lowest BCUT2D eigenvalue weighted by Gasteiger charge is -2.27. The molecule has 1 aliphatic heterocycles. The third-order valence-corrected chi connectivity index (χ3v) is 6.26. The lowest BCUT2D eigenvalue weighted by Crippen LogP contribution is -2.25. The molecule has 4 aromatic carbocycles. The number of hydrogen-bond acceptors (Lipinski definition) is 3. The molecule has 0 atom stereocenters. The van der Waals surface area contributed by atoms with Gasteiger partial charge in [-0.2, -0.15) is 22.0 Å². The average Bonchev–Trinajstić information content (AvgIpc) is 2.87. The van der Waals surface area contributed by atoms with E-state index in [4.69, 9.17) is 9.47 Å². The van der Waals surface area contributed by atoms with Gasteiger partial charge in [0, 0.05) is 28.2 Å². The van der Waals surface area contributed by atoms with Crippen LogP contribution in [0.15, 0.2) is 48.5 Å². The van der Waals surface area contributed by atoms with Gasteiger partial charge in [-0.3, -0.25) is 0 Å². The van der Waals surface area contributed by atoms with Gasteiger partial charge >= 0.3 is 12.3 Å². The lowest BCUT2D eigenvalue weighted by molar-refractivity contribution is -0.202. The summed E-state index contributed by atoms with van der Waals surface area (Å²) in [5.41, 5.74) is -2.44. The van der Waals surface area contributed by atoms with Crippen LogP contribution in [0.2, 0.25) is 0 Å². The smallest absolute Gasteiger partial charge is 0.429 e. The molecular weight excluding hydrogens is 567 g/mol. The minimum Gasteiger partial charge on any atom is -0.429 e. The van der Waals surface area contributed by atoms with Crippen LogP contribution >= 0.6 is 0 Å². The highest BCUT2D eigenvalue weighted by molar-refractivity contribution is 5.87. The Hall–Kier alpha value is -3.95. The van der Waals surface area contributed by atoms with Gasteiger partial charge in [0.25, 0.3) is 0 Å². The van der Waals surface area contributed by atoms with E-state index in [0.29, 0.717) is 30.9 Å². The van der Waals surface area contributed by atoms with Crippen molar-refractivity contribution in [3.05, 3.63) is 88.5 Å². The Morgan fingerprint density at radius 2 is 1.39 bits per heavy atom. The quantitative estimate of drug-likeness (QED) is 0.179. The van der Waals surface area contributed by atoms with Crippen LogP contribution in [0.3, 0.4) is 0 Å². The van der Waals surface area contributed by atoms with Gasteiger partial charge in [0.15, 0.2) is 6.29 Å². The summed E-state index contributed by atoms with van der Waals surface area (Å²) in [7, 11) is 0. The highest BCUT2D eigenvalue weighted by Gasteiger charge is 2.42. The second-order valence-electron chi connectivity index (χ2n) is 9.43. The van der Waals surface area contributed by atoms with Gasteiger partial charge in [-0.25, -0.2) is 17.6 Å². The van der Waals surface area contributed by atoms with Gasteiger partial charge in [-0.15, -0.1) is 0 Å². The molecule has 0 spiro atoms. The van der Waals surface area contributed by atoms with Crippen LogP contribution in [0, 0.1) is 41.0 Å². The van der Waals surface area contributed by atoms with Crippen molar-refractivity contribution in [3.63, 3.8) is 0 Å². The van der Waals surface area contributed by atoms with E-state index in [1.54, 1.807) is 0 Å². The van der Waals surface area contributed by atoms with Crippen molar-refractivity contribution in [1.29, 1.82) is 0 Å². The molecule has 5 rings (SSSR count). The molecule has 0 unspecified atom stereocenters. The number of hydrogen-bond donors (Lipinski definition) is 0. The van der Waals surface area contributed by atoms with Crippen LogP contribution < -0.4 is 4.74 Å². The SMILES string of the molecule is CC1COC(c2ccc3c(F)c(C(F)(F)Oc4ccc5c(F)c(C#CC(F)(F)F)c(F)cc5c4)c(F)cc3c2)OC1. The molecule has 3 nitrogen and oxygen atoms in total. The van der Waals surface area contributed by atoms with Crippen molar-refractivity contribution >= 4 is 21.5 Å². The van der Waals surface area contributed by atoms with Crippen LogP contribution in [0.1, 0.15) is 29.9 Å². The van der Waals surface area contributed by atoms with Crippen molar-refractivity contribution in [2.45, 2.75) is 25.5 Å². The first-order chi connectivity index (χ1) is 19.2. The van der Waals surface area contributed by atoms with Crippen LogP contribution in [0.4, 0.5) is 39.5 Å². The van der Waals surface area contributed by atoms with E-state index in [1.165, 1.54) is 24.1 Å². The first kappa shape index (κ1) is 28.6. The summed E-state index contributed by atoms with van der Waals surface area (Å²) in [6, 6.07) is 7.55. The molecular formula is C29H17F9O3. The molecule has 4 aromatic rings. The van der Waals surface area contributed by atoms with E-state index < -0.39 is 64.1 Å². The Morgan fingerprint density at radius 1 is 0.780 bits per heavy atom. The zero-order valence-corrected chi connectivity index (χ0v) is 20.8. The largest absolute Gasteiger partial charge is 0.458 e. The van der Waals surface area contributed by atoms with Gasteiger partial charge < -0.3 is 14.2 Å². The fraction of sp³-hybridized carbons (Fsp3) is 0.241. The summed E-state index contributed by atoms with van der Waals surface area (Å²) in [6.45, 7) is 2.71. The first-order valence-electron chi connectivity index (χ1n) is 12.0. The van der Waals surface area contributed by atoms with Crippen molar-refractivity contribution in [2.75, 3.05) is 13.2 Å². The molecule has 1 saturated heterocycles. The summed E-state index contributed by atoms with van der Waals surface area (Å²) < 4.78 is 142. The molecule has 0 amide bonds. The third-order valence-electron chi connectivity index (χ3n) is 6.26. The summed E-state index contributed by atoms with van der Waals surface area (Å²) in [5, 5.41) is -1.20. The fourth-order valence-corrected chi connectivity index (χ4v) is 4.37. The number of halogens is 9. The standard InChI is InChI=1S/C29H17F9O3/c1-14-12-39-27(40-13-14)15-2-4-20-16(8-15)11-23(31)24(26(20)33)29(37,38)41-18-3-5-19-17(9-18)10-22(30)21(25(19)32)6-7-28(34,35)36/h2-5,8-11,14,27H,12-13H2,1H3. The molecule has 0 aliphatic carbocycles. The Kier molecular flexibility index (Phi) is 7.29. The normalized spacial score (nSPS) is 17.9. The molecule has 1 heterocycles. The molecule has 0 aromatic heterocycles. The summed E-state index contributed by atoms with van der Waals surface area (Å²) in [6.07, 6.45) is -10.4. The van der Waals surface area contributed by atoms with E-state index >= 15 is 13.2 Å². The van der Waals surface area contributed by atoms with Crippen molar-refractivity contribution in [1.82, 2.24) is 0 Å². The summed E-state index contributed by atoms with van der Waals surface area (Å²) >= 11 is 0. The van der Waals surface area contributed by atoms with Gasteiger partial charge in [0.05, 0.1) is 18.8 Å². The zero-order chi connectivity index (χ0) is 29.7. The maximum absolute atomic E-state index is 15.3. The molecule has 41 heavy (non-hydrogen) atoms. The van der Waals surface area contributed by atoms with Crippen LogP contribution in [-0.4, -0.2) is 19.4 Å². The third kappa shape index (κ3) is 5.78. The van der Waals surface area contributed by atoms with Gasteiger partial charge in [-0.1, -0.05) is 25.0 Å². The number of rotatable bonds is 4. The molecule has 1 fully saturated rings. The molecule has 0 saturated carbocycles. The Balaban J connectivity index is 1.47. The van der Waals surface area contributed by atoms with Gasteiger partial charge in [-0.05, 0) is 47.2 Å². The average molecular weight is 584 g/mol. The molecule has 1 aliphatic rings. The van der Waals surface area contributed by atoms with Crippen molar-refractivity contribution in [3.8, 4) is 17.6 Å². The highest BCUT2D eigenvalue weighted by Crippen LogP contribution is 2.39. The zero-order valence-electron chi connectivity index (χ0n) is 20.8. The van der Waals surface area contributed by atoms with Crippen LogP contribution in [0.25, 0.3) is 21.5 Å². The monoisotopic (exact) mass is 584 g/mol. The van der Waals surface area contributed by atoms with Gasteiger partial charge in [0.2, 0.25) is 0 Å². The summed E-state index contributed by atoms with van der Waals surface area (Å²) in [5.74, 6) is -4.62. The van der Waals surface area contributed by atoms with Crippen molar-refractivity contribution in [2.24, 2.45) is 5.92 Å². The fourth-order valence-electron chi connectivity index (χ4n) is 4.37. The highest BCUT2D eigenvalue weighted by atomic mass is 19.4. The van der Waals surface area contributed by atoms with Crippen LogP contribution in [-0.2, 0) is 15.6 Å². The van der Waals surface area contributed by atoms with E-state index in [0.717, 1.165) is 24.1 Å². The Morgan fingerprint density at radius 3 is 2.07 bits per heavy atom. The minimum absolute atomic E-state index is 0.0380. The predicted octanol–water partition coefficient (Wildman–Crippen LogP) is 8.27.